The van der Waals surface area contributed by atoms with E-state index < -0.39 is 0 Å². The van der Waals surface area contributed by atoms with Crippen LogP contribution in [-0.2, 0) is 11.2 Å². The quantitative estimate of drug-likeness (QED) is 0.581. The zero-order valence-electron chi connectivity index (χ0n) is 8.66. The minimum atomic E-state index is 0.0170. The summed E-state index contributed by atoms with van der Waals surface area (Å²) in [6.45, 7) is 2.21. The Morgan fingerprint density at radius 2 is 2.20 bits per heavy atom. The first-order valence-corrected chi connectivity index (χ1v) is 5.47. The first kappa shape index (κ1) is 7.89. The van der Waals surface area contributed by atoms with E-state index in [1.807, 2.05) is 0 Å². The third-order valence-electron chi connectivity index (χ3n) is 3.89. The lowest BCUT2D eigenvalue weighted by atomic mass is 9.88. The van der Waals surface area contributed by atoms with E-state index in [0.717, 1.165) is 6.42 Å². The highest BCUT2D eigenvalue weighted by Crippen LogP contribution is 2.53. The molecule has 3 aliphatic rings. The van der Waals surface area contributed by atoms with Crippen molar-refractivity contribution in [3.8, 4) is 0 Å². The number of epoxide rings is 1. The Morgan fingerprint density at radius 3 is 3.13 bits per heavy atom. The van der Waals surface area contributed by atoms with E-state index in [4.69, 9.17) is 4.74 Å². The lowest BCUT2D eigenvalue weighted by Crippen LogP contribution is -2.15. The van der Waals surface area contributed by atoms with Gasteiger partial charge in [-0.25, -0.2) is 0 Å². The number of rotatable bonds is 0. The summed E-state index contributed by atoms with van der Waals surface area (Å²) < 4.78 is 5.77. The van der Waals surface area contributed by atoms with Gasteiger partial charge < -0.3 is 4.74 Å². The Bertz CT molecular complexity index is 524. The zero-order valence-corrected chi connectivity index (χ0v) is 8.66. The molecule has 15 heavy (non-hydrogen) atoms. The molecular formula is C14H12O. The van der Waals surface area contributed by atoms with Crippen LogP contribution in [0.25, 0.3) is 5.57 Å². The van der Waals surface area contributed by atoms with Crippen LogP contribution in [0.2, 0.25) is 0 Å². The molecule has 0 N–H and O–H groups in total. The van der Waals surface area contributed by atoms with Crippen LogP contribution in [0.4, 0.5) is 0 Å². The second-order valence-corrected chi connectivity index (χ2v) is 4.73. The molecule has 1 heterocycles. The van der Waals surface area contributed by atoms with Crippen molar-refractivity contribution in [3.05, 3.63) is 53.1 Å². The summed E-state index contributed by atoms with van der Waals surface area (Å²) in [5, 5.41) is 0. The number of ether oxygens (including phenoxy) is 1. The van der Waals surface area contributed by atoms with Crippen molar-refractivity contribution in [1.82, 2.24) is 0 Å². The van der Waals surface area contributed by atoms with Gasteiger partial charge in [0.25, 0.3) is 0 Å². The van der Waals surface area contributed by atoms with E-state index in [-0.39, 0.29) is 5.60 Å². The molecule has 1 aromatic rings. The van der Waals surface area contributed by atoms with E-state index in [2.05, 4.69) is 43.3 Å². The van der Waals surface area contributed by atoms with Gasteiger partial charge in [0.05, 0.1) is 0 Å². The van der Waals surface area contributed by atoms with E-state index in [1.165, 1.54) is 22.3 Å². The Balaban J connectivity index is 1.95. The molecule has 1 aliphatic heterocycles. The first-order valence-electron chi connectivity index (χ1n) is 5.47. The SMILES string of the molecule is CC12OC1C=CC1=C2Cc2ccccc21. The molecule has 4 rings (SSSR count). The van der Waals surface area contributed by atoms with Crippen molar-refractivity contribution < 1.29 is 4.74 Å². The average Bonchev–Trinajstić information content (AvgIpc) is 2.80. The van der Waals surface area contributed by atoms with E-state index >= 15 is 0 Å². The fraction of sp³-hybridized carbons (Fsp3) is 0.286. The average molecular weight is 196 g/mol. The van der Waals surface area contributed by atoms with Crippen molar-refractivity contribution >= 4 is 5.57 Å². The molecule has 0 bridgehead atoms. The van der Waals surface area contributed by atoms with Crippen molar-refractivity contribution in [3.63, 3.8) is 0 Å². The zero-order chi connectivity index (χ0) is 10.0. The molecule has 0 radical (unpaired) electrons. The van der Waals surface area contributed by atoms with E-state index in [0.29, 0.717) is 6.10 Å². The van der Waals surface area contributed by atoms with Crippen LogP contribution >= 0.6 is 0 Å². The molecule has 0 saturated carbocycles. The van der Waals surface area contributed by atoms with Gasteiger partial charge in [-0.05, 0) is 35.6 Å². The molecular weight excluding hydrogens is 184 g/mol. The summed E-state index contributed by atoms with van der Waals surface area (Å²) in [4.78, 5) is 0. The van der Waals surface area contributed by atoms with Crippen LogP contribution in [-0.4, -0.2) is 11.7 Å². The molecule has 0 aromatic heterocycles. The van der Waals surface area contributed by atoms with Crippen LogP contribution in [0.1, 0.15) is 18.1 Å². The Hall–Kier alpha value is -1.34. The van der Waals surface area contributed by atoms with Crippen molar-refractivity contribution in [2.45, 2.75) is 25.0 Å². The van der Waals surface area contributed by atoms with Gasteiger partial charge in [0.2, 0.25) is 0 Å². The van der Waals surface area contributed by atoms with E-state index in [9.17, 15) is 0 Å². The van der Waals surface area contributed by atoms with Crippen LogP contribution < -0.4 is 0 Å². The number of hydrogen-bond acceptors (Lipinski definition) is 1. The Morgan fingerprint density at radius 1 is 1.33 bits per heavy atom. The second-order valence-electron chi connectivity index (χ2n) is 4.73. The maximum Gasteiger partial charge on any atom is 0.118 e. The highest BCUT2D eigenvalue weighted by atomic mass is 16.6. The maximum absolute atomic E-state index is 5.77. The van der Waals surface area contributed by atoms with Gasteiger partial charge in [-0.1, -0.05) is 36.4 Å². The third kappa shape index (κ3) is 0.829. The van der Waals surface area contributed by atoms with Crippen molar-refractivity contribution in [2.75, 3.05) is 0 Å². The number of fused-ring (bicyclic) bond motifs is 4. The molecule has 2 aliphatic carbocycles. The number of allylic oxidation sites excluding steroid dienone is 2. The summed E-state index contributed by atoms with van der Waals surface area (Å²) in [5.41, 5.74) is 5.75. The van der Waals surface area contributed by atoms with Crippen LogP contribution in [0, 0.1) is 0 Å². The minimum absolute atomic E-state index is 0.0170. The predicted molar refractivity (Wildman–Crippen MR) is 59.5 cm³/mol. The highest BCUT2D eigenvalue weighted by Gasteiger charge is 2.56. The summed E-state index contributed by atoms with van der Waals surface area (Å²) in [7, 11) is 0. The molecule has 1 saturated heterocycles. The summed E-state index contributed by atoms with van der Waals surface area (Å²) in [6.07, 6.45) is 5.84. The Kier molecular flexibility index (Phi) is 1.18. The fourth-order valence-corrected chi connectivity index (χ4v) is 2.90. The van der Waals surface area contributed by atoms with Crippen LogP contribution in [0.3, 0.4) is 0 Å². The minimum Gasteiger partial charge on any atom is -0.357 e. The first-order chi connectivity index (χ1) is 7.29. The molecule has 1 heteroatoms. The molecule has 1 aromatic carbocycles. The third-order valence-corrected chi connectivity index (χ3v) is 3.89. The normalized spacial score (nSPS) is 34.9. The van der Waals surface area contributed by atoms with Crippen LogP contribution in [0.15, 0.2) is 42.0 Å². The molecule has 1 nitrogen and oxygen atoms in total. The van der Waals surface area contributed by atoms with Gasteiger partial charge >= 0.3 is 0 Å². The molecule has 0 amide bonds. The van der Waals surface area contributed by atoms with Crippen molar-refractivity contribution in [1.29, 1.82) is 0 Å². The van der Waals surface area contributed by atoms with E-state index in [1.54, 1.807) is 0 Å². The van der Waals surface area contributed by atoms with Crippen LogP contribution in [0.5, 0.6) is 0 Å². The predicted octanol–water partition coefficient (Wildman–Crippen LogP) is 2.72. The molecule has 2 unspecified atom stereocenters. The highest BCUT2D eigenvalue weighted by molar-refractivity contribution is 5.86. The molecule has 0 spiro atoms. The summed E-state index contributed by atoms with van der Waals surface area (Å²) in [5.74, 6) is 0. The molecule has 2 atom stereocenters. The Labute approximate surface area is 89.1 Å². The smallest absolute Gasteiger partial charge is 0.118 e. The van der Waals surface area contributed by atoms with Gasteiger partial charge in [-0.15, -0.1) is 0 Å². The van der Waals surface area contributed by atoms with Gasteiger partial charge in [0.15, 0.2) is 0 Å². The van der Waals surface area contributed by atoms with Gasteiger partial charge in [-0.2, -0.15) is 0 Å². The van der Waals surface area contributed by atoms with Gasteiger partial charge in [0, 0.05) is 0 Å². The largest absolute Gasteiger partial charge is 0.357 e. The topological polar surface area (TPSA) is 12.5 Å². The fourth-order valence-electron chi connectivity index (χ4n) is 2.90. The molecule has 1 fully saturated rings. The lowest BCUT2D eigenvalue weighted by Gasteiger charge is -2.12. The van der Waals surface area contributed by atoms with Gasteiger partial charge in [-0.3, -0.25) is 0 Å². The summed E-state index contributed by atoms with van der Waals surface area (Å²) >= 11 is 0. The standard InChI is InChI=1S/C14H12O/c1-14-12-8-9-4-2-3-5-10(9)11(12)6-7-13(14)15-14/h2-7,13H,8H2,1H3. The number of hydrogen-bond donors (Lipinski definition) is 0. The molecule has 74 valence electrons. The number of benzene rings is 1. The lowest BCUT2D eigenvalue weighted by molar-refractivity contribution is 0.345. The second kappa shape index (κ2) is 2.25. The summed E-state index contributed by atoms with van der Waals surface area (Å²) in [6, 6.07) is 8.68. The maximum atomic E-state index is 5.77. The van der Waals surface area contributed by atoms with Crippen molar-refractivity contribution in [2.24, 2.45) is 0 Å². The van der Waals surface area contributed by atoms with Gasteiger partial charge in [0.1, 0.15) is 11.7 Å². The monoisotopic (exact) mass is 196 g/mol.